The van der Waals surface area contributed by atoms with Crippen molar-refractivity contribution < 1.29 is 4.74 Å². The smallest absolute Gasteiger partial charge is 0.178 e. The number of benzene rings is 1. The first-order valence-electron chi connectivity index (χ1n) is 6.55. The summed E-state index contributed by atoms with van der Waals surface area (Å²) in [5.41, 5.74) is 3.58. The molecule has 1 aliphatic rings. The van der Waals surface area contributed by atoms with Gasteiger partial charge in [0.05, 0.1) is 17.1 Å². The van der Waals surface area contributed by atoms with Crippen LogP contribution < -0.4 is 0 Å². The highest BCUT2D eigenvalue weighted by molar-refractivity contribution is 7.71. The van der Waals surface area contributed by atoms with Gasteiger partial charge in [-0.15, -0.1) is 0 Å². The Morgan fingerprint density at radius 2 is 2.39 bits per heavy atom. The van der Waals surface area contributed by atoms with Gasteiger partial charge in [0.25, 0.3) is 0 Å². The summed E-state index contributed by atoms with van der Waals surface area (Å²) >= 11 is 5.40. The zero-order chi connectivity index (χ0) is 12.5. The number of aryl methyl sites for hydroxylation is 2. The molecule has 4 heteroatoms. The van der Waals surface area contributed by atoms with Crippen molar-refractivity contribution in [3.63, 3.8) is 0 Å². The van der Waals surface area contributed by atoms with Gasteiger partial charge in [-0.1, -0.05) is 6.07 Å². The molecule has 1 fully saturated rings. The molecule has 3 nitrogen and oxygen atoms in total. The van der Waals surface area contributed by atoms with E-state index in [9.17, 15) is 0 Å². The quantitative estimate of drug-likeness (QED) is 0.857. The number of rotatable bonds is 3. The average molecular weight is 262 g/mol. The first kappa shape index (κ1) is 11.9. The molecule has 1 saturated heterocycles. The van der Waals surface area contributed by atoms with Gasteiger partial charge in [0.15, 0.2) is 4.77 Å². The van der Waals surface area contributed by atoms with Crippen LogP contribution in [0.1, 0.15) is 24.8 Å². The molecular weight excluding hydrogens is 244 g/mol. The first-order chi connectivity index (χ1) is 8.74. The van der Waals surface area contributed by atoms with Gasteiger partial charge in [-0.25, -0.2) is 0 Å². The third kappa shape index (κ3) is 2.22. The molecule has 0 saturated carbocycles. The Morgan fingerprint density at radius 1 is 1.50 bits per heavy atom. The fourth-order valence-corrected chi connectivity index (χ4v) is 2.94. The summed E-state index contributed by atoms with van der Waals surface area (Å²) in [5, 5.41) is 0. The van der Waals surface area contributed by atoms with E-state index in [0.717, 1.165) is 29.9 Å². The van der Waals surface area contributed by atoms with Crippen molar-refractivity contribution in [2.75, 3.05) is 6.61 Å². The number of imidazole rings is 1. The number of nitrogens with zero attached hydrogens (tertiary/aromatic N) is 1. The number of H-pyrrole nitrogens is 1. The topological polar surface area (TPSA) is 29.9 Å². The number of aromatic nitrogens is 2. The van der Waals surface area contributed by atoms with Crippen molar-refractivity contribution >= 4 is 23.3 Å². The summed E-state index contributed by atoms with van der Waals surface area (Å²) in [6.07, 6.45) is 3.86. The molecular formula is C14H18N2OS. The molecule has 0 amide bonds. The number of ether oxygens (including phenoxy) is 1. The number of fused-ring (bicyclic) bond motifs is 1. The monoisotopic (exact) mass is 262 g/mol. The molecule has 0 aliphatic carbocycles. The molecule has 1 aromatic carbocycles. The predicted octanol–water partition coefficient (Wildman–Crippen LogP) is 3.58. The first-order valence-corrected chi connectivity index (χ1v) is 6.95. The maximum atomic E-state index is 5.66. The summed E-state index contributed by atoms with van der Waals surface area (Å²) in [6, 6.07) is 6.42. The molecule has 96 valence electrons. The number of nitrogens with one attached hydrogen (secondary N) is 1. The minimum absolute atomic E-state index is 0.419. The van der Waals surface area contributed by atoms with Crippen LogP contribution >= 0.6 is 12.2 Å². The Hall–Kier alpha value is -1.13. The van der Waals surface area contributed by atoms with Gasteiger partial charge >= 0.3 is 0 Å². The van der Waals surface area contributed by atoms with Gasteiger partial charge in [-0.3, -0.25) is 0 Å². The largest absolute Gasteiger partial charge is 0.378 e. The van der Waals surface area contributed by atoms with Gasteiger partial charge in [0.1, 0.15) is 0 Å². The van der Waals surface area contributed by atoms with Crippen LogP contribution in [0.3, 0.4) is 0 Å². The lowest BCUT2D eigenvalue weighted by molar-refractivity contribution is 0.101. The van der Waals surface area contributed by atoms with Crippen molar-refractivity contribution in [3.05, 3.63) is 28.5 Å². The van der Waals surface area contributed by atoms with E-state index in [1.165, 1.54) is 23.9 Å². The molecule has 3 rings (SSSR count). The van der Waals surface area contributed by atoms with E-state index in [1.54, 1.807) is 0 Å². The van der Waals surface area contributed by atoms with Crippen molar-refractivity contribution in [2.24, 2.45) is 0 Å². The van der Waals surface area contributed by atoms with E-state index in [-0.39, 0.29) is 0 Å². The minimum atomic E-state index is 0.419. The lowest BCUT2D eigenvalue weighted by Crippen LogP contribution is -2.10. The summed E-state index contributed by atoms with van der Waals surface area (Å²) in [7, 11) is 0. The molecule has 0 spiro atoms. The van der Waals surface area contributed by atoms with Gasteiger partial charge in [0, 0.05) is 13.2 Å². The Bertz CT molecular complexity index is 608. The van der Waals surface area contributed by atoms with Crippen LogP contribution in [0.4, 0.5) is 0 Å². The second-order valence-corrected chi connectivity index (χ2v) is 5.41. The van der Waals surface area contributed by atoms with Crippen LogP contribution in [0.2, 0.25) is 0 Å². The van der Waals surface area contributed by atoms with E-state index in [4.69, 9.17) is 17.0 Å². The molecule has 2 heterocycles. The lowest BCUT2D eigenvalue weighted by atomic mass is 10.2. The average Bonchev–Trinajstić information content (AvgIpc) is 2.93. The van der Waals surface area contributed by atoms with Gasteiger partial charge in [-0.2, -0.15) is 0 Å². The molecule has 2 aromatic rings. The van der Waals surface area contributed by atoms with Crippen LogP contribution in [0.5, 0.6) is 0 Å². The normalized spacial score (nSPS) is 19.7. The Balaban J connectivity index is 1.86. The van der Waals surface area contributed by atoms with E-state index in [0.29, 0.717) is 6.10 Å². The SMILES string of the molecule is Cc1ccc2c(c1)[nH]c(=S)n2CCC1CCCO1. The summed E-state index contributed by atoms with van der Waals surface area (Å²) in [4.78, 5) is 3.28. The third-order valence-electron chi connectivity index (χ3n) is 3.63. The molecule has 1 aliphatic heterocycles. The maximum absolute atomic E-state index is 5.66. The maximum Gasteiger partial charge on any atom is 0.178 e. The lowest BCUT2D eigenvalue weighted by Gasteiger charge is -2.10. The third-order valence-corrected chi connectivity index (χ3v) is 3.95. The fraction of sp³-hybridized carbons (Fsp3) is 0.500. The van der Waals surface area contributed by atoms with Gasteiger partial charge in [-0.05, 0) is 56.1 Å². The highest BCUT2D eigenvalue weighted by Crippen LogP contribution is 2.20. The number of aromatic amines is 1. The van der Waals surface area contributed by atoms with Gasteiger partial charge < -0.3 is 14.3 Å². The molecule has 1 unspecified atom stereocenters. The number of hydrogen-bond acceptors (Lipinski definition) is 2. The van der Waals surface area contributed by atoms with Crippen LogP contribution in [-0.2, 0) is 11.3 Å². The summed E-state index contributed by atoms with van der Waals surface area (Å²) in [5.74, 6) is 0. The Labute approximate surface area is 112 Å². The highest BCUT2D eigenvalue weighted by Gasteiger charge is 2.15. The standard InChI is InChI=1S/C14H18N2OS/c1-10-4-5-13-12(9-10)15-14(18)16(13)7-6-11-3-2-8-17-11/h4-5,9,11H,2-3,6-8H2,1H3,(H,15,18). The van der Waals surface area contributed by atoms with E-state index in [1.807, 2.05) is 0 Å². The summed E-state index contributed by atoms with van der Waals surface area (Å²) < 4.78 is 8.66. The Morgan fingerprint density at radius 3 is 3.17 bits per heavy atom. The molecule has 0 bridgehead atoms. The predicted molar refractivity (Wildman–Crippen MR) is 75.5 cm³/mol. The molecule has 1 N–H and O–H groups in total. The Kier molecular flexibility index (Phi) is 3.22. The van der Waals surface area contributed by atoms with Crippen LogP contribution in [0.25, 0.3) is 11.0 Å². The van der Waals surface area contributed by atoms with Crippen LogP contribution in [0, 0.1) is 11.7 Å². The second-order valence-electron chi connectivity index (χ2n) is 5.03. The highest BCUT2D eigenvalue weighted by atomic mass is 32.1. The zero-order valence-corrected chi connectivity index (χ0v) is 11.4. The molecule has 18 heavy (non-hydrogen) atoms. The molecule has 1 aromatic heterocycles. The van der Waals surface area contributed by atoms with Gasteiger partial charge in [0.2, 0.25) is 0 Å². The summed E-state index contributed by atoms with van der Waals surface area (Å²) in [6.45, 7) is 3.95. The fourth-order valence-electron chi connectivity index (χ4n) is 2.64. The number of hydrogen-bond donors (Lipinski definition) is 1. The minimum Gasteiger partial charge on any atom is -0.378 e. The van der Waals surface area contributed by atoms with E-state index >= 15 is 0 Å². The van der Waals surface area contributed by atoms with E-state index in [2.05, 4.69) is 34.7 Å². The van der Waals surface area contributed by atoms with E-state index < -0.39 is 0 Å². The van der Waals surface area contributed by atoms with Crippen LogP contribution in [0.15, 0.2) is 18.2 Å². The van der Waals surface area contributed by atoms with Crippen LogP contribution in [-0.4, -0.2) is 22.3 Å². The molecule has 0 radical (unpaired) electrons. The second kappa shape index (κ2) is 4.86. The van der Waals surface area contributed by atoms with Crippen molar-refractivity contribution in [1.29, 1.82) is 0 Å². The van der Waals surface area contributed by atoms with Crippen molar-refractivity contribution in [1.82, 2.24) is 9.55 Å². The molecule has 1 atom stereocenters. The zero-order valence-electron chi connectivity index (χ0n) is 10.6. The van der Waals surface area contributed by atoms with Crippen molar-refractivity contribution in [3.8, 4) is 0 Å². The van der Waals surface area contributed by atoms with Crippen molar-refractivity contribution in [2.45, 2.75) is 38.8 Å².